The number of rotatable bonds is 6. The molecular formula is C11H12N4O3S. The van der Waals surface area contributed by atoms with Gasteiger partial charge in [0.2, 0.25) is 5.16 Å². The van der Waals surface area contributed by atoms with Crippen molar-refractivity contribution in [3.05, 3.63) is 36.2 Å². The van der Waals surface area contributed by atoms with Crippen molar-refractivity contribution < 1.29 is 14.6 Å². The zero-order valence-corrected chi connectivity index (χ0v) is 10.7. The monoisotopic (exact) mass is 280 g/mol. The number of nitrogens with two attached hydrogens (primary N) is 1. The van der Waals surface area contributed by atoms with Gasteiger partial charge in [-0.15, -0.1) is 10.2 Å². The number of aromatic nitrogens is 3. The van der Waals surface area contributed by atoms with E-state index in [-0.39, 0.29) is 5.56 Å². The van der Waals surface area contributed by atoms with E-state index in [1.54, 1.807) is 18.2 Å². The van der Waals surface area contributed by atoms with Crippen LogP contribution in [0.3, 0.4) is 0 Å². The number of nitrogen functional groups attached to an aromatic ring is 1. The van der Waals surface area contributed by atoms with Crippen molar-refractivity contribution in [2.75, 3.05) is 18.2 Å². The summed E-state index contributed by atoms with van der Waals surface area (Å²) in [5, 5.41) is 17.0. The molecular weight excluding hydrogens is 268 g/mol. The Kier molecular flexibility index (Phi) is 4.24. The minimum atomic E-state index is -1.01. The summed E-state index contributed by atoms with van der Waals surface area (Å²) in [6, 6.07) is 6.51. The standard InChI is InChI=1S/C11H12N4O3S/c12-15-7-13-14-11(15)19-6-5-18-9-4-2-1-3-8(9)10(16)17/h1-4,7H,5-6,12H2,(H,16,17). The van der Waals surface area contributed by atoms with Gasteiger partial charge in [-0.3, -0.25) is 0 Å². The molecule has 7 nitrogen and oxygen atoms in total. The molecule has 0 aliphatic rings. The SMILES string of the molecule is Nn1cnnc1SCCOc1ccccc1C(=O)O. The van der Waals surface area contributed by atoms with Gasteiger partial charge in [-0.25, -0.2) is 9.47 Å². The summed E-state index contributed by atoms with van der Waals surface area (Å²) in [4.78, 5) is 11.0. The molecule has 8 heteroatoms. The summed E-state index contributed by atoms with van der Waals surface area (Å²) in [5.41, 5.74) is 0.148. The molecule has 19 heavy (non-hydrogen) atoms. The van der Waals surface area contributed by atoms with E-state index >= 15 is 0 Å². The molecule has 2 rings (SSSR count). The number of thioether (sulfide) groups is 1. The topological polar surface area (TPSA) is 103 Å². The Morgan fingerprint density at radius 3 is 2.95 bits per heavy atom. The van der Waals surface area contributed by atoms with Crippen molar-refractivity contribution >= 4 is 17.7 Å². The lowest BCUT2D eigenvalue weighted by molar-refractivity contribution is 0.0692. The van der Waals surface area contributed by atoms with Gasteiger partial charge in [0.15, 0.2) is 0 Å². The highest BCUT2D eigenvalue weighted by atomic mass is 32.2. The van der Waals surface area contributed by atoms with E-state index in [2.05, 4.69) is 10.2 Å². The number of carbonyl (C=O) groups is 1. The van der Waals surface area contributed by atoms with Crippen LogP contribution in [0, 0.1) is 0 Å². The van der Waals surface area contributed by atoms with Gasteiger partial charge in [-0.05, 0) is 12.1 Å². The van der Waals surface area contributed by atoms with Gasteiger partial charge in [-0.2, -0.15) is 0 Å². The highest BCUT2D eigenvalue weighted by Gasteiger charge is 2.10. The van der Waals surface area contributed by atoms with E-state index in [1.165, 1.54) is 28.8 Å². The summed E-state index contributed by atoms with van der Waals surface area (Å²) >= 11 is 1.38. The van der Waals surface area contributed by atoms with Gasteiger partial charge in [0, 0.05) is 5.75 Å². The molecule has 3 N–H and O–H groups in total. The third-order valence-corrected chi connectivity index (χ3v) is 3.15. The summed E-state index contributed by atoms with van der Waals surface area (Å²) in [5.74, 6) is 5.48. The molecule has 0 fully saturated rings. The molecule has 2 aromatic rings. The van der Waals surface area contributed by atoms with Gasteiger partial charge in [0.1, 0.15) is 17.6 Å². The molecule has 0 aliphatic carbocycles. The van der Waals surface area contributed by atoms with E-state index in [0.717, 1.165) is 0 Å². The first-order valence-corrected chi connectivity index (χ1v) is 6.40. The molecule has 1 aromatic heterocycles. The maximum absolute atomic E-state index is 11.0. The first kappa shape index (κ1) is 13.2. The average molecular weight is 280 g/mol. The first-order valence-electron chi connectivity index (χ1n) is 5.41. The zero-order chi connectivity index (χ0) is 13.7. The van der Waals surface area contributed by atoms with Gasteiger partial charge < -0.3 is 15.7 Å². The second kappa shape index (κ2) is 6.10. The van der Waals surface area contributed by atoms with E-state index in [0.29, 0.717) is 23.3 Å². The number of hydrogen-bond acceptors (Lipinski definition) is 6. The maximum atomic E-state index is 11.0. The van der Waals surface area contributed by atoms with Crippen LogP contribution in [0.2, 0.25) is 0 Å². The van der Waals surface area contributed by atoms with Crippen LogP contribution in [0.4, 0.5) is 0 Å². The van der Waals surface area contributed by atoms with Crippen LogP contribution in [-0.4, -0.2) is 38.3 Å². The number of hydrogen-bond donors (Lipinski definition) is 2. The molecule has 0 aliphatic heterocycles. The van der Waals surface area contributed by atoms with Crippen LogP contribution in [0.5, 0.6) is 5.75 Å². The lowest BCUT2D eigenvalue weighted by atomic mass is 10.2. The van der Waals surface area contributed by atoms with Gasteiger partial charge in [-0.1, -0.05) is 23.9 Å². The molecule has 100 valence electrons. The van der Waals surface area contributed by atoms with Crippen LogP contribution in [0.15, 0.2) is 35.7 Å². The minimum Gasteiger partial charge on any atom is -0.492 e. The predicted octanol–water partition coefficient (Wildman–Crippen LogP) is 0.861. The molecule has 1 aromatic carbocycles. The van der Waals surface area contributed by atoms with Crippen molar-refractivity contribution in [1.82, 2.24) is 14.9 Å². The van der Waals surface area contributed by atoms with Crippen molar-refractivity contribution in [2.24, 2.45) is 0 Å². The van der Waals surface area contributed by atoms with E-state index in [4.69, 9.17) is 15.7 Å². The van der Waals surface area contributed by atoms with Gasteiger partial charge >= 0.3 is 5.97 Å². The van der Waals surface area contributed by atoms with Crippen LogP contribution < -0.4 is 10.6 Å². The second-order valence-corrected chi connectivity index (χ2v) is 4.58. The summed E-state index contributed by atoms with van der Waals surface area (Å²) in [6.07, 6.45) is 1.41. The van der Waals surface area contributed by atoms with Crippen molar-refractivity contribution in [1.29, 1.82) is 0 Å². The maximum Gasteiger partial charge on any atom is 0.339 e. The number of para-hydroxylation sites is 1. The quantitative estimate of drug-likeness (QED) is 0.459. The fraction of sp³-hybridized carbons (Fsp3) is 0.182. The fourth-order valence-corrected chi connectivity index (χ4v) is 2.04. The lowest BCUT2D eigenvalue weighted by Crippen LogP contribution is -2.10. The Balaban J connectivity index is 1.86. The summed E-state index contributed by atoms with van der Waals surface area (Å²) in [6.45, 7) is 0.349. The highest BCUT2D eigenvalue weighted by molar-refractivity contribution is 7.99. The second-order valence-electron chi connectivity index (χ2n) is 3.52. The Labute approximate surface area is 113 Å². The number of nitrogens with zero attached hydrogens (tertiary/aromatic N) is 3. The normalized spacial score (nSPS) is 10.3. The van der Waals surface area contributed by atoms with Crippen molar-refractivity contribution in [2.45, 2.75) is 5.16 Å². The Morgan fingerprint density at radius 2 is 2.26 bits per heavy atom. The zero-order valence-electron chi connectivity index (χ0n) is 9.89. The van der Waals surface area contributed by atoms with Crippen molar-refractivity contribution in [3.8, 4) is 5.75 Å². The molecule has 0 bridgehead atoms. The van der Waals surface area contributed by atoms with Crippen LogP contribution >= 0.6 is 11.8 Å². The van der Waals surface area contributed by atoms with E-state index < -0.39 is 5.97 Å². The largest absolute Gasteiger partial charge is 0.492 e. The highest BCUT2D eigenvalue weighted by Crippen LogP contribution is 2.19. The molecule has 1 heterocycles. The van der Waals surface area contributed by atoms with Crippen LogP contribution in [0.1, 0.15) is 10.4 Å². The Hall–Kier alpha value is -2.22. The van der Waals surface area contributed by atoms with Gasteiger partial charge in [0.25, 0.3) is 0 Å². The average Bonchev–Trinajstić information content (AvgIpc) is 2.80. The van der Waals surface area contributed by atoms with E-state index in [1.807, 2.05) is 0 Å². The Morgan fingerprint density at radius 1 is 1.47 bits per heavy atom. The number of carboxylic acids is 1. The lowest BCUT2D eigenvalue weighted by Gasteiger charge is -2.08. The summed E-state index contributed by atoms with van der Waals surface area (Å²) < 4.78 is 6.75. The predicted molar refractivity (Wildman–Crippen MR) is 69.8 cm³/mol. The van der Waals surface area contributed by atoms with Crippen LogP contribution in [0.25, 0.3) is 0 Å². The molecule has 0 unspecified atom stereocenters. The third-order valence-electron chi connectivity index (χ3n) is 2.23. The smallest absolute Gasteiger partial charge is 0.339 e. The summed E-state index contributed by atoms with van der Waals surface area (Å²) in [7, 11) is 0. The number of benzene rings is 1. The number of aromatic carboxylic acids is 1. The third kappa shape index (κ3) is 3.38. The Bertz CT molecular complexity index is 573. The molecule has 0 atom stereocenters. The number of ether oxygens (including phenoxy) is 1. The minimum absolute atomic E-state index is 0.148. The number of carboxylic acid groups (broad SMARTS) is 1. The van der Waals surface area contributed by atoms with Crippen LogP contribution in [-0.2, 0) is 0 Å². The molecule has 0 amide bonds. The van der Waals surface area contributed by atoms with Crippen molar-refractivity contribution in [3.63, 3.8) is 0 Å². The molecule has 0 spiro atoms. The molecule has 0 saturated heterocycles. The first-order chi connectivity index (χ1) is 9.18. The van der Waals surface area contributed by atoms with E-state index in [9.17, 15) is 4.79 Å². The van der Waals surface area contributed by atoms with Gasteiger partial charge in [0.05, 0.1) is 6.61 Å². The molecule has 0 saturated carbocycles. The fourth-order valence-electron chi connectivity index (χ4n) is 1.39. The molecule has 0 radical (unpaired) electrons.